The molecule has 2 fully saturated rings. The summed E-state index contributed by atoms with van der Waals surface area (Å²) in [5, 5.41) is 10.9. The first-order valence-electron chi connectivity index (χ1n) is 10.8. The molecule has 1 aromatic carbocycles. The molecule has 0 unspecified atom stereocenters. The fraction of sp³-hybridized carbons (Fsp3) is 0.375. The van der Waals surface area contributed by atoms with E-state index in [-0.39, 0.29) is 29.2 Å². The molecule has 1 amide bonds. The highest BCUT2D eigenvalue weighted by molar-refractivity contribution is 5.95. The van der Waals surface area contributed by atoms with Crippen molar-refractivity contribution < 1.29 is 9.21 Å². The first-order valence-corrected chi connectivity index (χ1v) is 10.8. The topological polar surface area (TPSA) is 117 Å². The molecule has 0 radical (unpaired) electrons. The van der Waals surface area contributed by atoms with Gasteiger partial charge < -0.3 is 24.9 Å². The number of furan rings is 1. The zero-order valence-electron chi connectivity index (χ0n) is 18.0. The van der Waals surface area contributed by atoms with E-state index in [1.54, 1.807) is 17.0 Å². The highest BCUT2D eigenvalue weighted by atomic mass is 16.3. The maximum atomic E-state index is 13.4. The molecule has 2 aliphatic rings. The molecular formula is C24H27N5O3. The fourth-order valence-corrected chi connectivity index (χ4v) is 4.99. The minimum atomic E-state index is -0.197. The van der Waals surface area contributed by atoms with Crippen molar-refractivity contribution in [3.8, 4) is 6.07 Å². The molecule has 0 bridgehead atoms. The number of piperazine rings is 1. The number of hydrogen-bond acceptors (Lipinski definition) is 6. The van der Waals surface area contributed by atoms with E-state index >= 15 is 0 Å². The molecule has 1 aliphatic carbocycles. The molecule has 1 saturated heterocycles. The lowest BCUT2D eigenvalue weighted by atomic mass is 10.0. The van der Waals surface area contributed by atoms with E-state index in [2.05, 4.69) is 11.0 Å². The summed E-state index contributed by atoms with van der Waals surface area (Å²) < 4.78 is 7.09. The highest BCUT2D eigenvalue weighted by Crippen LogP contribution is 2.35. The minimum absolute atomic E-state index is 0. The maximum absolute atomic E-state index is 13.4. The van der Waals surface area contributed by atoms with E-state index in [9.17, 15) is 14.9 Å². The van der Waals surface area contributed by atoms with Gasteiger partial charge in [0.2, 0.25) is 0 Å². The number of nitrogens with zero attached hydrogens (tertiary/aromatic N) is 4. The lowest BCUT2D eigenvalue weighted by Gasteiger charge is -2.37. The number of amides is 1. The third-order valence-corrected chi connectivity index (χ3v) is 6.50. The molecule has 2 aromatic heterocycles. The molecule has 5 rings (SSSR count). The monoisotopic (exact) mass is 433 g/mol. The zero-order chi connectivity index (χ0) is 21.4. The second-order valence-corrected chi connectivity index (χ2v) is 8.22. The number of carbonyl (C=O) groups is 1. The predicted molar refractivity (Wildman–Crippen MR) is 122 cm³/mol. The van der Waals surface area contributed by atoms with E-state index < -0.39 is 0 Å². The van der Waals surface area contributed by atoms with Crippen molar-refractivity contribution in [1.29, 1.82) is 5.26 Å². The summed E-state index contributed by atoms with van der Waals surface area (Å²) in [6.07, 6.45) is 5.67. The van der Waals surface area contributed by atoms with Crippen molar-refractivity contribution in [2.45, 2.75) is 31.7 Å². The van der Waals surface area contributed by atoms with Gasteiger partial charge in [-0.3, -0.25) is 9.59 Å². The second-order valence-electron chi connectivity index (χ2n) is 8.22. The van der Waals surface area contributed by atoms with Crippen LogP contribution in [0.25, 0.3) is 10.9 Å². The van der Waals surface area contributed by atoms with E-state index in [1.807, 2.05) is 28.8 Å². The lowest BCUT2D eigenvalue weighted by molar-refractivity contribution is 0.0715. The number of para-hydroxylation sites is 1. The highest BCUT2D eigenvalue weighted by Gasteiger charge is 2.29. The Morgan fingerprint density at radius 3 is 2.41 bits per heavy atom. The largest absolute Gasteiger partial charge is 0.459 e. The molecule has 0 atom stereocenters. The van der Waals surface area contributed by atoms with E-state index in [4.69, 9.17) is 4.42 Å². The van der Waals surface area contributed by atoms with Gasteiger partial charge >= 0.3 is 0 Å². The molecule has 8 heteroatoms. The van der Waals surface area contributed by atoms with Crippen molar-refractivity contribution >= 4 is 22.5 Å². The first kappa shape index (κ1) is 21.7. The van der Waals surface area contributed by atoms with Gasteiger partial charge in [0.15, 0.2) is 5.76 Å². The van der Waals surface area contributed by atoms with Crippen molar-refractivity contribution in [2.24, 2.45) is 0 Å². The van der Waals surface area contributed by atoms with Gasteiger partial charge in [-0.05, 0) is 31.0 Å². The van der Waals surface area contributed by atoms with Crippen LogP contribution in [-0.4, -0.2) is 41.6 Å². The van der Waals surface area contributed by atoms with Gasteiger partial charge in [0.1, 0.15) is 11.6 Å². The number of rotatable bonds is 3. The Bertz CT molecular complexity index is 1210. The van der Waals surface area contributed by atoms with E-state index in [1.165, 1.54) is 6.26 Å². The molecule has 32 heavy (non-hydrogen) atoms. The Labute approximate surface area is 186 Å². The molecular weight excluding hydrogens is 406 g/mol. The number of aromatic nitrogens is 1. The molecule has 1 aliphatic heterocycles. The summed E-state index contributed by atoms with van der Waals surface area (Å²) in [6.45, 7) is 2.12. The molecule has 8 nitrogen and oxygen atoms in total. The summed E-state index contributed by atoms with van der Waals surface area (Å²) >= 11 is 0. The van der Waals surface area contributed by atoms with Gasteiger partial charge in [-0.1, -0.05) is 31.0 Å². The standard InChI is InChI=1S/C24H24N4O3.H3N/c25-16-19-22(26-11-13-27(14-12-26)24(30)21-10-5-15-31-21)18-8-3-4-9-20(18)28(23(19)29)17-6-1-2-7-17;/h3-5,8-10,15,17H,1-2,6-7,11-14H2;1H3. The Kier molecular flexibility index (Phi) is 6.01. The first-order chi connectivity index (χ1) is 15.2. The summed E-state index contributed by atoms with van der Waals surface area (Å²) in [7, 11) is 0. The Hall–Kier alpha value is -3.57. The van der Waals surface area contributed by atoms with Crippen LogP contribution >= 0.6 is 0 Å². The summed E-state index contributed by atoms with van der Waals surface area (Å²) in [4.78, 5) is 29.9. The van der Waals surface area contributed by atoms with Crippen molar-refractivity contribution in [3.63, 3.8) is 0 Å². The average Bonchev–Trinajstić information content (AvgIpc) is 3.52. The Balaban J connectivity index is 0.00000245. The van der Waals surface area contributed by atoms with Crippen LogP contribution < -0.4 is 16.6 Å². The number of pyridine rings is 1. The molecule has 3 aromatic rings. The van der Waals surface area contributed by atoms with Crippen LogP contribution in [0.15, 0.2) is 51.9 Å². The molecule has 3 heterocycles. The van der Waals surface area contributed by atoms with E-state index in [0.29, 0.717) is 37.6 Å². The summed E-state index contributed by atoms with van der Waals surface area (Å²) in [6, 6.07) is 13.6. The zero-order valence-corrected chi connectivity index (χ0v) is 18.0. The number of fused-ring (bicyclic) bond motifs is 1. The number of carbonyl (C=O) groups excluding carboxylic acids is 1. The quantitative estimate of drug-likeness (QED) is 0.673. The van der Waals surface area contributed by atoms with Gasteiger partial charge in [0.25, 0.3) is 11.5 Å². The van der Waals surface area contributed by atoms with Crippen LogP contribution in [0.1, 0.15) is 47.8 Å². The molecule has 166 valence electrons. The van der Waals surface area contributed by atoms with E-state index in [0.717, 1.165) is 36.6 Å². The van der Waals surface area contributed by atoms with Crippen LogP contribution in [0.2, 0.25) is 0 Å². The SMILES string of the molecule is N.N#Cc1c(N2CCN(C(=O)c3ccco3)CC2)c2ccccc2n(C2CCCC2)c1=O. The van der Waals surface area contributed by atoms with Crippen LogP contribution in [-0.2, 0) is 0 Å². The maximum Gasteiger partial charge on any atom is 0.289 e. The van der Waals surface area contributed by atoms with Gasteiger partial charge in [-0.15, -0.1) is 0 Å². The van der Waals surface area contributed by atoms with Crippen LogP contribution in [0.5, 0.6) is 0 Å². The third kappa shape index (κ3) is 3.55. The molecule has 0 spiro atoms. The lowest BCUT2D eigenvalue weighted by Crippen LogP contribution is -2.49. The normalized spacial score (nSPS) is 16.7. The van der Waals surface area contributed by atoms with Gasteiger partial charge in [0, 0.05) is 37.6 Å². The van der Waals surface area contributed by atoms with Gasteiger partial charge in [-0.2, -0.15) is 5.26 Å². The van der Waals surface area contributed by atoms with Crippen LogP contribution in [0, 0.1) is 11.3 Å². The van der Waals surface area contributed by atoms with Crippen molar-refractivity contribution in [1.82, 2.24) is 15.6 Å². The third-order valence-electron chi connectivity index (χ3n) is 6.50. The van der Waals surface area contributed by atoms with Crippen LogP contribution in [0.4, 0.5) is 5.69 Å². The Morgan fingerprint density at radius 2 is 1.75 bits per heavy atom. The average molecular weight is 434 g/mol. The summed E-state index contributed by atoms with van der Waals surface area (Å²) in [5.41, 5.74) is 1.60. The number of anilines is 1. The number of nitriles is 1. The van der Waals surface area contributed by atoms with Gasteiger partial charge in [0.05, 0.1) is 17.5 Å². The fourth-order valence-electron chi connectivity index (χ4n) is 4.99. The van der Waals surface area contributed by atoms with Crippen molar-refractivity contribution in [3.05, 3.63) is 64.3 Å². The molecule has 1 saturated carbocycles. The number of hydrogen-bond donors (Lipinski definition) is 1. The smallest absolute Gasteiger partial charge is 0.289 e. The van der Waals surface area contributed by atoms with Crippen LogP contribution in [0.3, 0.4) is 0 Å². The second kappa shape index (κ2) is 8.89. The van der Waals surface area contributed by atoms with Crippen molar-refractivity contribution in [2.75, 3.05) is 31.1 Å². The predicted octanol–water partition coefficient (Wildman–Crippen LogP) is 3.71. The minimum Gasteiger partial charge on any atom is -0.459 e. The van der Waals surface area contributed by atoms with Gasteiger partial charge in [-0.25, -0.2) is 0 Å². The molecule has 3 N–H and O–H groups in total. The number of benzene rings is 1. The summed E-state index contributed by atoms with van der Waals surface area (Å²) in [5.74, 6) is 0.197. The Morgan fingerprint density at radius 1 is 1.03 bits per heavy atom.